The molecular weight excluding hydrogens is 292 g/mol. The van der Waals surface area contributed by atoms with Crippen molar-refractivity contribution in [2.75, 3.05) is 13.7 Å². The van der Waals surface area contributed by atoms with Crippen molar-refractivity contribution in [3.8, 4) is 11.5 Å². The molecular formula is C14H18N2O6. The Hall–Kier alpha value is -2.77. The lowest BCUT2D eigenvalue weighted by molar-refractivity contribution is -0.127. The molecule has 0 bridgehead atoms. The van der Waals surface area contributed by atoms with E-state index >= 15 is 0 Å². The molecule has 1 rings (SSSR count). The van der Waals surface area contributed by atoms with E-state index in [1.165, 1.54) is 32.2 Å². The first kappa shape index (κ1) is 17.3. The van der Waals surface area contributed by atoms with Crippen LogP contribution < -0.4 is 15.4 Å². The van der Waals surface area contributed by atoms with Gasteiger partial charge in [-0.3, -0.25) is 10.1 Å². The Morgan fingerprint density at radius 2 is 2.00 bits per heavy atom. The summed E-state index contributed by atoms with van der Waals surface area (Å²) in [6, 6.07) is 3.61. The van der Waals surface area contributed by atoms with Gasteiger partial charge in [-0.25, -0.2) is 9.59 Å². The number of phenols is 1. The number of hydrogen-bond acceptors (Lipinski definition) is 6. The van der Waals surface area contributed by atoms with Crippen LogP contribution in [0.25, 0.3) is 0 Å². The van der Waals surface area contributed by atoms with E-state index in [-0.39, 0.29) is 17.1 Å². The van der Waals surface area contributed by atoms with Crippen molar-refractivity contribution in [2.24, 2.45) is 0 Å². The van der Waals surface area contributed by atoms with Crippen molar-refractivity contribution in [1.82, 2.24) is 10.6 Å². The highest BCUT2D eigenvalue weighted by atomic mass is 16.5. The lowest BCUT2D eigenvalue weighted by Gasteiger charge is -2.14. The SMILES string of the molecule is CCNC(=O)NC(=O)C(C)OC(=O)c1cccc(OC)c1O. The van der Waals surface area contributed by atoms with E-state index in [2.05, 4.69) is 5.32 Å². The summed E-state index contributed by atoms with van der Waals surface area (Å²) >= 11 is 0. The molecule has 0 radical (unpaired) electrons. The maximum Gasteiger partial charge on any atom is 0.342 e. The van der Waals surface area contributed by atoms with Gasteiger partial charge in [0.2, 0.25) is 0 Å². The second-order valence-corrected chi connectivity index (χ2v) is 4.25. The fraction of sp³-hybridized carbons (Fsp3) is 0.357. The smallest absolute Gasteiger partial charge is 0.342 e. The summed E-state index contributed by atoms with van der Waals surface area (Å²) in [5, 5.41) is 14.2. The minimum absolute atomic E-state index is 0.105. The van der Waals surface area contributed by atoms with E-state index in [9.17, 15) is 19.5 Å². The number of amides is 3. The van der Waals surface area contributed by atoms with Gasteiger partial charge in [-0.05, 0) is 26.0 Å². The van der Waals surface area contributed by atoms with Crippen molar-refractivity contribution >= 4 is 17.9 Å². The number of carbonyl (C=O) groups is 3. The first-order valence-electron chi connectivity index (χ1n) is 6.56. The number of methoxy groups -OCH3 is 1. The summed E-state index contributed by atoms with van der Waals surface area (Å²) in [4.78, 5) is 34.8. The average Bonchev–Trinajstić information content (AvgIpc) is 2.47. The molecule has 22 heavy (non-hydrogen) atoms. The van der Waals surface area contributed by atoms with E-state index in [4.69, 9.17) is 9.47 Å². The molecule has 0 spiro atoms. The Bertz CT molecular complexity index is 572. The molecule has 1 aromatic carbocycles. The Balaban J connectivity index is 2.72. The average molecular weight is 310 g/mol. The van der Waals surface area contributed by atoms with Crippen molar-refractivity contribution in [3.63, 3.8) is 0 Å². The Morgan fingerprint density at radius 3 is 2.59 bits per heavy atom. The topological polar surface area (TPSA) is 114 Å². The van der Waals surface area contributed by atoms with Gasteiger partial charge in [-0.2, -0.15) is 0 Å². The van der Waals surface area contributed by atoms with Crippen LogP contribution >= 0.6 is 0 Å². The first-order chi connectivity index (χ1) is 10.4. The highest BCUT2D eigenvalue weighted by molar-refractivity contribution is 5.99. The highest BCUT2D eigenvalue weighted by Crippen LogP contribution is 2.29. The van der Waals surface area contributed by atoms with Crippen LogP contribution in [0.15, 0.2) is 18.2 Å². The van der Waals surface area contributed by atoms with Crippen LogP contribution in [0.5, 0.6) is 11.5 Å². The van der Waals surface area contributed by atoms with Gasteiger partial charge in [0.15, 0.2) is 17.6 Å². The van der Waals surface area contributed by atoms with Crippen LogP contribution in [0.3, 0.4) is 0 Å². The van der Waals surface area contributed by atoms with E-state index in [1.54, 1.807) is 6.92 Å². The number of para-hydroxylation sites is 1. The maximum atomic E-state index is 11.9. The monoisotopic (exact) mass is 310 g/mol. The Morgan fingerprint density at radius 1 is 1.32 bits per heavy atom. The van der Waals surface area contributed by atoms with Gasteiger partial charge in [0.05, 0.1) is 7.11 Å². The maximum absolute atomic E-state index is 11.9. The molecule has 3 amide bonds. The predicted molar refractivity (Wildman–Crippen MR) is 76.8 cm³/mol. The number of nitrogens with one attached hydrogen (secondary N) is 2. The lowest BCUT2D eigenvalue weighted by Crippen LogP contribution is -2.44. The van der Waals surface area contributed by atoms with E-state index in [0.717, 1.165) is 0 Å². The number of benzene rings is 1. The largest absolute Gasteiger partial charge is 0.504 e. The number of carbonyl (C=O) groups excluding carboxylic acids is 3. The van der Waals surface area contributed by atoms with Gasteiger partial charge < -0.3 is 19.9 Å². The number of imide groups is 1. The third-order valence-corrected chi connectivity index (χ3v) is 2.67. The van der Waals surface area contributed by atoms with Crippen LogP contribution in [-0.2, 0) is 9.53 Å². The molecule has 1 unspecified atom stereocenters. The summed E-state index contributed by atoms with van der Waals surface area (Å²) in [6.45, 7) is 3.35. The number of phenolic OH excluding ortho intramolecular Hbond substituents is 1. The minimum Gasteiger partial charge on any atom is -0.504 e. The standard InChI is InChI=1S/C14H18N2O6/c1-4-15-14(20)16-12(18)8(2)22-13(19)9-6-5-7-10(21-3)11(9)17/h5-8,17H,4H2,1-3H3,(H2,15,16,18,20). The zero-order chi connectivity index (χ0) is 16.7. The first-order valence-corrected chi connectivity index (χ1v) is 6.56. The van der Waals surface area contributed by atoms with Crippen LogP contribution in [0.4, 0.5) is 4.79 Å². The van der Waals surface area contributed by atoms with Crippen molar-refractivity contribution in [3.05, 3.63) is 23.8 Å². The van der Waals surface area contributed by atoms with Gasteiger partial charge in [-0.15, -0.1) is 0 Å². The van der Waals surface area contributed by atoms with Crippen LogP contribution in [0.1, 0.15) is 24.2 Å². The number of urea groups is 1. The van der Waals surface area contributed by atoms with Gasteiger partial charge in [-0.1, -0.05) is 6.07 Å². The number of ether oxygens (including phenoxy) is 2. The number of rotatable bonds is 5. The molecule has 1 atom stereocenters. The van der Waals surface area contributed by atoms with Gasteiger partial charge in [0.1, 0.15) is 5.56 Å². The van der Waals surface area contributed by atoms with E-state index in [0.29, 0.717) is 6.54 Å². The zero-order valence-corrected chi connectivity index (χ0v) is 12.5. The third-order valence-electron chi connectivity index (χ3n) is 2.67. The summed E-state index contributed by atoms with van der Waals surface area (Å²) in [7, 11) is 1.34. The molecule has 0 saturated heterocycles. The molecule has 0 aliphatic heterocycles. The molecule has 8 nitrogen and oxygen atoms in total. The second-order valence-electron chi connectivity index (χ2n) is 4.25. The van der Waals surface area contributed by atoms with Crippen LogP contribution in [-0.4, -0.2) is 42.8 Å². The molecule has 0 saturated carbocycles. The Labute approximate surface area is 127 Å². The molecule has 0 heterocycles. The van der Waals surface area contributed by atoms with Crippen LogP contribution in [0, 0.1) is 0 Å². The quantitative estimate of drug-likeness (QED) is 0.693. The summed E-state index contributed by atoms with van der Waals surface area (Å²) in [5.74, 6) is -1.96. The van der Waals surface area contributed by atoms with E-state index in [1.807, 2.05) is 5.32 Å². The summed E-state index contributed by atoms with van der Waals surface area (Å²) in [6.07, 6.45) is -1.21. The van der Waals surface area contributed by atoms with Gasteiger partial charge in [0, 0.05) is 6.54 Å². The Kier molecular flexibility index (Phi) is 6.18. The highest BCUT2D eigenvalue weighted by Gasteiger charge is 2.23. The minimum atomic E-state index is -1.21. The third kappa shape index (κ3) is 4.37. The number of hydrogen-bond donors (Lipinski definition) is 3. The van der Waals surface area contributed by atoms with Gasteiger partial charge >= 0.3 is 12.0 Å². The fourth-order valence-electron chi connectivity index (χ4n) is 1.55. The van der Waals surface area contributed by atoms with Crippen molar-refractivity contribution in [2.45, 2.75) is 20.0 Å². The van der Waals surface area contributed by atoms with E-state index < -0.39 is 24.0 Å². The van der Waals surface area contributed by atoms with Gasteiger partial charge in [0.25, 0.3) is 5.91 Å². The second kappa shape index (κ2) is 7.87. The molecule has 1 aromatic rings. The number of esters is 1. The molecule has 120 valence electrons. The molecule has 0 fully saturated rings. The molecule has 8 heteroatoms. The van der Waals surface area contributed by atoms with Crippen LogP contribution in [0.2, 0.25) is 0 Å². The number of aromatic hydroxyl groups is 1. The van der Waals surface area contributed by atoms with Crippen molar-refractivity contribution < 1.29 is 29.0 Å². The lowest BCUT2D eigenvalue weighted by atomic mass is 10.2. The molecule has 0 aliphatic carbocycles. The molecule has 3 N–H and O–H groups in total. The predicted octanol–water partition coefficient (Wildman–Crippen LogP) is 0.792. The zero-order valence-electron chi connectivity index (χ0n) is 12.5. The fourth-order valence-corrected chi connectivity index (χ4v) is 1.55. The van der Waals surface area contributed by atoms with Crippen molar-refractivity contribution in [1.29, 1.82) is 0 Å². The normalized spacial score (nSPS) is 11.2. The summed E-state index contributed by atoms with van der Waals surface area (Å²) in [5.41, 5.74) is -0.142. The molecule has 0 aromatic heterocycles. The molecule has 0 aliphatic rings. The summed E-state index contributed by atoms with van der Waals surface area (Å²) < 4.78 is 9.79.